The average molecular weight is 377 g/mol. The molecule has 1 aliphatic carbocycles. The topological polar surface area (TPSA) is 73.9 Å². The Kier molecular flexibility index (Phi) is 5.76. The highest BCUT2D eigenvalue weighted by Crippen LogP contribution is 2.46. The lowest BCUT2D eigenvalue weighted by Gasteiger charge is -2.34. The van der Waals surface area contributed by atoms with Crippen molar-refractivity contribution in [2.75, 3.05) is 18.7 Å². The van der Waals surface area contributed by atoms with Crippen molar-refractivity contribution in [3.8, 4) is 0 Å². The third-order valence-corrected chi connectivity index (χ3v) is 5.82. The fraction of sp³-hybridized carbons (Fsp3) is 0.474. The van der Waals surface area contributed by atoms with Gasteiger partial charge in [-0.3, -0.25) is 5.32 Å². The van der Waals surface area contributed by atoms with E-state index in [1.165, 1.54) is 13.4 Å². The molecule has 1 aromatic rings. The molecule has 1 aromatic carbocycles. The predicted molar refractivity (Wildman–Crippen MR) is 98.7 cm³/mol. The Bertz CT molecular complexity index is 702. The van der Waals surface area contributed by atoms with Crippen LogP contribution in [0.15, 0.2) is 41.0 Å². The van der Waals surface area contributed by atoms with Gasteiger partial charge < -0.3 is 14.2 Å². The number of rotatable bonds is 4. The maximum Gasteiger partial charge on any atom is 0.414 e. The molecule has 140 valence electrons. The third kappa shape index (κ3) is 3.82. The Morgan fingerprint density at radius 1 is 1.23 bits per heavy atom. The lowest BCUT2D eigenvalue weighted by Crippen LogP contribution is -2.39. The molecule has 1 heterocycles. The van der Waals surface area contributed by atoms with Crippen LogP contribution in [0.1, 0.15) is 19.8 Å². The van der Waals surface area contributed by atoms with Crippen LogP contribution in [-0.4, -0.2) is 31.7 Å². The van der Waals surface area contributed by atoms with E-state index in [-0.39, 0.29) is 23.7 Å². The number of ether oxygens (including phenoxy) is 3. The number of hydrogen-bond donors (Lipinski definition) is 1. The maximum atomic E-state index is 12.3. The van der Waals surface area contributed by atoms with E-state index >= 15 is 0 Å². The molecule has 1 fully saturated rings. The number of thioether (sulfide) groups is 1. The van der Waals surface area contributed by atoms with Gasteiger partial charge in [0.2, 0.25) is 6.29 Å². The first-order chi connectivity index (χ1) is 12.5. The first-order valence-corrected chi connectivity index (χ1v) is 9.81. The van der Waals surface area contributed by atoms with E-state index < -0.39 is 12.4 Å². The van der Waals surface area contributed by atoms with Crippen molar-refractivity contribution in [3.05, 3.63) is 36.1 Å². The van der Waals surface area contributed by atoms with Gasteiger partial charge in [0.15, 0.2) is 0 Å². The zero-order chi connectivity index (χ0) is 18.7. The van der Waals surface area contributed by atoms with Gasteiger partial charge in [-0.05, 0) is 49.3 Å². The van der Waals surface area contributed by atoms with E-state index in [1.807, 2.05) is 30.5 Å². The van der Waals surface area contributed by atoms with Crippen LogP contribution in [0.5, 0.6) is 0 Å². The minimum atomic E-state index is -0.712. The number of carbonyl (C=O) groups excluding carboxylic acids is 2. The summed E-state index contributed by atoms with van der Waals surface area (Å²) in [7, 11) is 1.36. The molecule has 0 saturated heterocycles. The number of amides is 1. The Labute approximate surface area is 157 Å². The molecule has 4 unspecified atom stereocenters. The highest BCUT2D eigenvalue weighted by Gasteiger charge is 2.48. The monoisotopic (exact) mass is 377 g/mol. The van der Waals surface area contributed by atoms with Crippen LogP contribution in [0.2, 0.25) is 0 Å². The minimum absolute atomic E-state index is 0.00939. The van der Waals surface area contributed by atoms with Crippen LogP contribution in [0.3, 0.4) is 0 Å². The number of carbonyl (C=O) groups is 2. The molecule has 6 nitrogen and oxygen atoms in total. The molecule has 4 atom stereocenters. The van der Waals surface area contributed by atoms with Crippen molar-refractivity contribution < 1.29 is 23.8 Å². The summed E-state index contributed by atoms with van der Waals surface area (Å²) in [6, 6.07) is 7.51. The second-order valence-corrected chi connectivity index (χ2v) is 7.45. The second-order valence-electron chi connectivity index (χ2n) is 6.57. The second kappa shape index (κ2) is 8.03. The van der Waals surface area contributed by atoms with Crippen LogP contribution in [0, 0.1) is 17.8 Å². The van der Waals surface area contributed by atoms with Gasteiger partial charge in [0.1, 0.15) is 0 Å². The van der Waals surface area contributed by atoms with Crippen molar-refractivity contribution in [3.63, 3.8) is 0 Å². The molecule has 0 spiro atoms. The number of benzene rings is 1. The van der Waals surface area contributed by atoms with Gasteiger partial charge in [0, 0.05) is 22.4 Å². The Hall–Kier alpha value is -2.15. The normalized spacial score (nSPS) is 27.0. The van der Waals surface area contributed by atoms with E-state index in [0.717, 1.165) is 17.7 Å². The number of methoxy groups -OCH3 is 1. The van der Waals surface area contributed by atoms with Gasteiger partial charge in [-0.1, -0.05) is 6.92 Å². The van der Waals surface area contributed by atoms with Crippen LogP contribution in [0.4, 0.5) is 10.5 Å². The van der Waals surface area contributed by atoms with Gasteiger partial charge in [-0.15, -0.1) is 11.8 Å². The van der Waals surface area contributed by atoms with Crippen molar-refractivity contribution in [1.29, 1.82) is 0 Å². The van der Waals surface area contributed by atoms with Crippen molar-refractivity contribution >= 4 is 29.5 Å². The number of nitrogens with one attached hydrogen (secondary N) is 1. The number of esters is 1. The summed E-state index contributed by atoms with van der Waals surface area (Å²) in [5, 5.41) is 2.72. The zero-order valence-corrected chi connectivity index (χ0v) is 15.9. The van der Waals surface area contributed by atoms with E-state index in [0.29, 0.717) is 11.3 Å². The largest absolute Gasteiger partial charge is 0.466 e. The standard InChI is InChI=1S/C19H23NO5S/c1-11-4-9-14-15(17(21)23-2)10-24-18(16(11)14)25-19(22)20-12-5-7-13(26-3)8-6-12/h5-8,10-11,14,16,18H,4,9H2,1-3H3,(H,20,22). The molecule has 1 N–H and O–H groups in total. The molecule has 7 heteroatoms. The van der Waals surface area contributed by atoms with Crippen LogP contribution in [-0.2, 0) is 19.0 Å². The highest BCUT2D eigenvalue weighted by molar-refractivity contribution is 7.98. The van der Waals surface area contributed by atoms with E-state index in [4.69, 9.17) is 14.2 Å². The smallest absolute Gasteiger partial charge is 0.414 e. The summed E-state index contributed by atoms with van der Waals surface area (Å²) in [6.45, 7) is 2.09. The van der Waals surface area contributed by atoms with Gasteiger partial charge in [0.25, 0.3) is 0 Å². The van der Waals surface area contributed by atoms with Crippen molar-refractivity contribution in [2.24, 2.45) is 17.8 Å². The van der Waals surface area contributed by atoms with Crippen LogP contribution in [0.25, 0.3) is 0 Å². The summed E-state index contributed by atoms with van der Waals surface area (Å²) in [5.74, 6) is -0.165. The lowest BCUT2D eigenvalue weighted by molar-refractivity contribution is -0.144. The molecule has 0 aromatic heterocycles. The molecular weight excluding hydrogens is 354 g/mol. The predicted octanol–water partition coefficient (Wildman–Crippen LogP) is 4.03. The molecular formula is C19H23NO5S. The maximum absolute atomic E-state index is 12.3. The highest BCUT2D eigenvalue weighted by atomic mass is 32.2. The molecule has 2 aliphatic rings. The van der Waals surface area contributed by atoms with E-state index in [9.17, 15) is 9.59 Å². The summed E-state index contributed by atoms with van der Waals surface area (Å²) in [6.07, 6.45) is 3.90. The quantitative estimate of drug-likeness (QED) is 0.631. The summed E-state index contributed by atoms with van der Waals surface area (Å²) >= 11 is 1.63. The molecule has 26 heavy (non-hydrogen) atoms. The number of hydrogen-bond acceptors (Lipinski definition) is 6. The number of anilines is 1. The van der Waals surface area contributed by atoms with Gasteiger partial charge >= 0.3 is 12.1 Å². The first-order valence-electron chi connectivity index (χ1n) is 8.59. The molecule has 1 aliphatic heterocycles. The Balaban J connectivity index is 1.67. The molecule has 0 bridgehead atoms. The summed E-state index contributed by atoms with van der Waals surface area (Å²) in [4.78, 5) is 25.3. The summed E-state index contributed by atoms with van der Waals surface area (Å²) < 4.78 is 16.0. The van der Waals surface area contributed by atoms with Crippen molar-refractivity contribution in [2.45, 2.75) is 31.0 Å². The van der Waals surface area contributed by atoms with Gasteiger partial charge in [-0.25, -0.2) is 9.59 Å². The average Bonchev–Trinajstić information content (AvgIpc) is 3.04. The van der Waals surface area contributed by atoms with Crippen LogP contribution >= 0.6 is 11.8 Å². The molecule has 0 radical (unpaired) electrons. The minimum Gasteiger partial charge on any atom is -0.466 e. The SMILES string of the molecule is COC(=O)C1=COC(OC(=O)Nc2ccc(SC)cc2)C2C(C)CCC12. The van der Waals surface area contributed by atoms with Gasteiger partial charge in [-0.2, -0.15) is 0 Å². The van der Waals surface area contributed by atoms with Crippen LogP contribution < -0.4 is 5.32 Å². The van der Waals surface area contributed by atoms with Gasteiger partial charge in [0.05, 0.1) is 18.9 Å². The molecule has 1 amide bonds. The number of fused-ring (bicyclic) bond motifs is 1. The molecule has 1 saturated carbocycles. The van der Waals surface area contributed by atoms with Crippen molar-refractivity contribution in [1.82, 2.24) is 0 Å². The Morgan fingerprint density at radius 2 is 1.96 bits per heavy atom. The zero-order valence-electron chi connectivity index (χ0n) is 15.1. The summed E-state index contributed by atoms with van der Waals surface area (Å²) in [5.41, 5.74) is 1.18. The lowest BCUT2D eigenvalue weighted by atomic mass is 9.83. The fourth-order valence-electron chi connectivity index (χ4n) is 3.71. The first kappa shape index (κ1) is 18.6. The van der Waals surface area contributed by atoms with E-state index in [1.54, 1.807) is 11.8 Å². The fourth-order valence-corrected chi connectivity index (χ4v) is 4.12. The Morgan fingerprint density at radius 3 is 2.62 bits per heavy atom. The van der Waals surface area contributed by atoms with E-state index in [2.05, 4.69) is 12.2 Å². The molecule has 3 rings (SSSR count). The third-order valence-electron chi connectivity index (χ3n) is 5.08.